The molecule has 8 nitrogen and oxygen atoms in total. The zero-order valence-corrected chi connectivity index (χ0v) is 8.47. The summed E-state index contributed by atoms with van der Waals surface area (Å²) in [6.07, 6.45) is 0. The Hall–Kier alpha value is -1.67. The Balaban J connectivity index is 0. The van der Waals surface area contributed by atoms with Crippen molar-refractivity contribution >= 4 is 17.7 Å². The zero-order valence-electron chi connectivity index (χ0n) is 8.47. The molecule has 88 valence electrons. The van der Waals surface area contributed by atoms with Crippen LogP contribution < -0.4 is 5.90 Å². The molecular formula is C7H14N2O6. The first kappa shape index (κ1) is 15.8. The second-order valence-electron chi connectivity index (χ2n) is 2.41. The third-order valence-electron chi connectivity index (χ3n) is 0.642. The zero-order chi connectivity index (χ0) is 12.3. The summed E-state index contributed by atoms with van der Waals surface area (Å²) < 4.78 is 0. The Kier molecular flexibility index (Phi) is 11.0. The summed E-state index contributed by atoms with van der Waals surface area (Å²) in [4.78, 5) is 27.2. The molecule has 0 spiro atoms. The van der Waals surface area contributed by atoms with E-state index in [4.69, 9.17) is 10.2 Å². The van der Waals surface area contributed by atoms with Gasteiger partial charge in [0.1, 0.15) is 0 Å². The predicted octanol–water partition coefficient (Wildman–Crippen LogP) is -0.555. The molecule has 0 bridgehead atoms. The molecule has 0 heterocycles. The lowest BCUT2D eigenvalue weighted by Gasteiger charge is -1.92. The summed E-state index contributed by atoms with van der Waals surface area (Å²) in [7, 11) is 0. The van der Waals surface area contributed by atoms with Crippen molar-refractivity contribution in [2.75, 3.05) is 13.2 Å². The van der Waals surface area contributed by atoms with E-state index in [1.54, 1.807) is 13.8 Å². The molecule has 15 heavy (non-hydrogen) atoms. The van der Waals surface area contributed by atoms with Crippen LogP contribution in [0.3, 0.4) is 0 Å². The van der Waals surface area contributed by atoms with Crippen LogP contribution >= 0.6 is 0 Å². The van der Waals surface area contributed by atoms with Gasteiger partial charge >= 0.3 is 11.9 Å². The molecule has 0 radical (unpaired) electrons. The smallest absolute Gasteiger partial charge is 0.344 e. The number of nitrogens with zero attached hydrogens (tertiary/aromatic N) is 1. The highest BCUT2D eigenvalue weighted by atomic mass is 16.6. The molecule has 0 fully saturated rings. The first-order valence-corrected chi connectivity index (χ1v) is 3.78. The lowest BCUT2D eigenvalue weighted by molar-refractivity contribution is -0.143. The Labute approximate surface area is 86.2 Å². The van der Waals surface area contributed by atoms with E-state index in [0.29, 0.717) is 5.71 Å². The Morgan fingerprint density at radius 3 is 1.87 bits per heavy atom. The van der Waals surface area contributed by atoms with Gasteiger partial charge in [-0.1, -0.05) is 5.16 Å². The van der Waals surface area contributed by atoms with Gasteiger partial charge < -0.3 is 15.1 Å². The van der Waals surface area contributed by atoms with E-state index >= 15 is 0 Å². The predicted molar refractivity (Wildman–Crippen MR) is 50.1 cm³/mol. The van der Waals surface area contributed by atoms with E-state index in [0.717, 1.165) is 0 Å². The van der Waals surface area contributed by atoms with Crippen LogP contribution in [0.2, 0.25) is 0 Å². The largest absolute Gasteiger partial charge is 0.479 e. The standard InChI is InChI=1S/C5H9NO3.C2H5NO3/c1-4(2)6-9-3-5(7)8;3-6-1-2(4)5/h3H2,1-2H3,(H,7,8);1,3H2,(H,4,5). The molecule has 0 unspecified atom stereocenters. The van der Waals surface area contributed by atoms with Gasteiger partial charge in [-0.15, -0.1) is 0 Å². The summed E-state index contributed by atoms with van der Waals surface area (Å²) in [5.74, 6) is 2.28. The summed E-state index contributed by atoms with van der Waals surface area (Å²) in [5, 5.41) is 19.1. The van der Waals surface area contributed by atoms with E-state index in [9.17, 15) is 9.59 Å². The van der Waals surface area contributed by atoms with Crippen LogP contribution in [0.15, 0.2) is 5.16 Å². The molecule has 0 aliphatic carbocycles. The Bertz CT molecular complexity index is 224. The van der Waals surface area contributed by atoms with Crippen molar-refractivity contribution in [3.8, 4) is 0 Å². The van der Waals surface area contributed by atoms with Gasteiger partial charge in [-0.3, -0.25) is 4.84 Å². The molecule has 0 aliphatic heterocycles. The van der Waals surface area contributed by atoms with Crippen molar-refractivity contribution in [2.45, 2.75) is 13.8 Å². The maximum atomic E-state index is 9.79. The topological polar surface area (TPSA) is 131 Å². The van der Waals surface area contributed by atoms with E-state index in [2.05, 4.69) is 20.7 Å². The van der Waals surface area contributed by atoms with E-state index in [-0.39, 0.29) is 6.61 Å². The molecule has 0 aromatic carbocycles. The number of oxime groups is 1. The Morgan fingerprint density at radius 1 is 1.20 bits per heavy atom. The first-order chi connectivity index (χ1) is 6.90. The number of nitrogens with two attached hydrogens (primary N) is 1. The van der Waals surface area contributed by atoms with Gasteiger partial charge in [0, 0.05) is 0 Å². The fraction of sp³-hybridized carbons (Fsp3) is 0.571. The third kappa shape index (κ3) is 24.5. The fourth-order valence-corrected chi connectivity index (χ4v) is 0.288. The minimum atomic E-state index is -1.06. The van der Waals surface area contributed by atoms with Crippen LogP contribution in [0, 0.1) is 0 Å². The lowest BCUT2D eigenvalue weighted by atomic mass is 10.5. The molecule has 0 atom stereocenters. The van der Waals surface area contributed by atoms with Crippen molar-refractivity contribution in [1.82, 2.24) is 0 Å². The first-order valence-electron chi connectivity index (χ1n) is 3.78. The van der Waals surface area contributed by atoms with Crippen molar-refractivity contribution in [3.63, 3.8) is 0 Å². The molecule has 0 aromatic rings. The number of hydrogen-bond acceptors (Lipinski definition) is 6. The van der Waals surface area contributed by atoms with Crippen LogP contribution in [-0.4, -0.2) is 41.1 Å². The number of aliphatic carboxylic acids is 2. The number of rotatable bonds is 5. The normalized spacial score (nSPS) is 8.20. The van der Waals surface area contributed by atoms with Gasteiger partial charge in [0.15, 0.2) is 6.61 Å². The number of carboxylic acid groups (broad SMARTS) is 2. The monoisotopic (exact) mass is 222 g/mol. The minimum Gasteiger partial charge on any atom is -0.479 e. The van der Waals surface area contributed by atoms with Crippen LogP contribution in [0.25, 0.3) is 0 Å². The highest BCUT2D eigenvalue weighted by Crippen LogP contribution is 1.78. The summed E-state index contributed by atoms with van der Waals surface area (Å²) >= 11 is 0. The molecule has 0 amide bonds. The molecular weight excluding hydrogens is 208 g/mol. The van der Waals surface area contributed by atoms with Crippen LogP contribution in [0.4, 0.5) is 0 Å². The van der Waals surface area contributed by atoms with Crippen molar-refractivity contribution in [3.05, 3.63) is 0 Å². The Morgan fingerprint density at radius 2 is 1.67 bits per heavy atom. The highest BCUT2D eigenvalue weighted by Gasteiger charge is 1.92. The summed E-state index contributed by atoms with van der Waals surface area (Å²) in [5.41, 5.74) is 0.705. The number of hydrogen-bond donors (Lipinski definition) is 3. The maximum absolute atomic E-state index is 9.79. The van der Waals surface area contributed by atoms with Crippen LogP contribution in [-0.2, 0) is 19.3 Å². The average Bonchev–Trinajstić information content (AvgIpc) is 2.03. The van der Waals surface area contributed by atoms with Crippen molar-refractivity contribution in [1.29, 1.82) is 0 Å². The van der Waals surface area contributed by atoms with Gasteiger partial charge in [0.05, 0.1) is 5.71 Å². The summed E-state index contributed by atoms with van der Waals surface area (Å²) in [6.45, 7) is 2.65. The third-order valence-corrected chi connectivity index (χ3v) is 0.642. The van der Waals surface area contributed by atoms with Crippen LogP contribution in [0.1, 0.15) is 13.8 Å². The quantitative estimate of drug-likeness (QED) is 0.419. The van der Waals surface area contributed by atoms with Gasteiger partial charge in [-0.05, 0) is 13.8 Å². The van der Waals surface area contributed by atoms with E-state index < -0.39 is 18.5 Å². The molecule has 0 saturated heterocycles. The number of carbonyl (C=O) groups is 2. The van der Waals surface area contributed by atoms with Gasteiger partial charge in [-0.2, -0.15) is 0 Å². The molecule has 0 saturated carbocycles. The molecule has 0 rings (SSSR count). The van der Waals surface area contributed by atoms with Crippen molar-refractivity contribution < 1.29 is 29.5 Å². The van der Waals surface area contributed by atoms with Crippen molar-refractivity contribution in [2.24, 2.45) is 11.1 Å². The molecule has 8 heteroatoms. The minimum absolute atomic E-state index is 0.370. The van der Waals surface area contributed by atoms with Gasteiger partial charge in [0.2, 0.25) is 6.61 Å². The van der Waals surface area contributed by atoms with Crippen LogP contribution in [0.5, 0.6) is 0 Å². The fourth-order valence-electron chi connectivity index (χ4n) is 0.288. The molecule has 0 aliphatic rings. The molecule has 0 aromatic heterocycles. The lowest BCUT2D eigenvalue weighted by Crippen LogP contribution is -2.10. The average molecular weight is 222 g/mol. The number of carboxylic acids is 2. The second kappa shape index (κ2) is 10.4. The maximum Gasteiger partial charge on any atom is 0.344 e. The molecule has 4 N–H and O–H groups in total. The van der Waals surface area contributed by atoms with Gasteiger partial charge in [-0.25, -0.2) is 15.5 Å². The highest BCUT2D eigenvalue weighted by molar-refractivity contribution is 5.78. The SMILES string of the molecule is CC(C)=NOCC(=O)O.NOCC(=O)O. The summed E-state index contributed by atoms with van der Waals surface area (Å²) in [6, 6.07) is 0. The van der Waals surface area contributed by atoms with E-state index in [1.165, 1.54) is 0 Å². The van der Waals surface area contributed by atoms with E-state index in [1.807, 2.05) is 0 Å². The second-order valence-corrected chi connectivity index (χ2v) is 2.41. The van der Waals surface area contributed by atoms with Gasteiger partial charge in [0.25, 0.3) is 0 Å².